The predicted octanol–water partition coefficient (Wildman–Crippen LogP) is 6.11. The maximum absolute atomic E-state index is 12.4. The molecule has 188 valence electrons. The van der Waals surface area contributed by atoms with Crippen molar-refractivity contribution in [3.8, 4) is 11.5 Å². The number of carbonyl (C=O) groups excluding carboxylic acids is 2. The van der Waals surface area contributed by atoms with E-state index in [1.807, 2.05) is 25.1 Å². The van der Waals surface area contributed by atoms with E-state index in [0.717, 1.165) is 5.56 Å². The molecule has 1 unspecified atom stereocenters. The minimum Gasteiger partial charge on any atom is -0.490 e. The number of hydrazone groups is 1. The highest BCUT2D eigenvalue weighted by atomic mass is 79.9. The second kappa shape index (κ2) is 13.4. The molecule has 0 spiro atoms. The van der Waals surface area contributed by atoms with Gasteiger partial charge in [-0.05, 0) is 81.6 Å². The molecule has 7 nitrogen and oxygen atoms in total. The Morgan fingerprint density at radius 3 is 2.50 bits per heavy atom. The minimum atomic E-state index is -0.798. The third kappa shape index (κ3) is 7.56. The molecule has 0 aliphatic carbocycles. The van der Waals surface area contributed by atoms with Gasteiger partial charge in [-0.2, -0.15) is 5.10 Å². The Kier molecular flexibility index (Phi) is 10.3. The minimum absolute atomic E-state index is 0.269. The molecular formula is C26H24Br2ClN3O4. The van der Waals surface area contributed by atoms with Crippen molar-refractivity contribution in [1.29, 1.82) is 0 Å². The predicted molar refractivity (Wildman–Crippen MR) is 148 cm³/mol. The fourth-order valence-corrected chi connectivity index (χ4v) is 4.31. The smallest absolute Gasteiger partial charge is 0.262 e. The van der Waals surface area contributed by atoms with Gasteiger partial charge in [-0.3, -0.25) is 9.59 Å². The molecule has 0 aliphatic heterocycles. The Morgan fingerprint density at radius 1 is 1.06 bits per heavy atom. The van der Waals surface area contributed by atoms with Crippen LogP contribution in [0, 0.1) is 0 Å². The summed E-state index contributed by atoms with van der Waals surface area (Å²) >= 11 is 13.1. The van der Waals surface area contributed by atoms with Gasteiger partial charge in [0, 0.05) is 15.1 Å². The zero-order valence-corrected chi connectivity index (χ0v) is 23.5. The lowest BCUT2D eigenvalue weighted by atomic mass is 10.2. The molecule has 2 amide bonds. The summed E-state index contributed by atoms with van der Waals surface area (Å²) in [5.74, 6) is 0.212. The normalized spacial score (nSPS) is 11.7. The van der Waals surface area contributed by atoms with Crippen molar-refractivity contribution in [3.05, 3.63) is 91.3 Å². The molecule has 0 bridgehead atoms. The van der Waals surface area contributed by atoms with Crippen LogP contribution in [0.1, 0.15) is 35.3 Å². The van der Waals surface area contributed by atoms with Crippen molar-refractivity contribution in [2.24, 2.45) is 5.10 Å². The summed E-state index contributed by atoms with van der Waals surface area (Å²) in [6.07, 6.45) is 1.48. The first-order valence-electron chi connectivity index (χ1n) is 11.0. The van der Waals surface area contributed by atoms with E-state index in [9.17, 15) is 9.59 Å². The Hall–Kier alpha value is -2.88. The molecule has 2 N–H and O–H groups in total. The first-order chi connectivity index (χ1) is 17.3. The van der Waals surface area contributed by atoms with Gasteiger partial charge in [0.1, 0.15) is 12.6 Å². The standard InChI is InChI=1S/C26H24Br2ClN3O4/c1-3-35-23-13-17(12-21(28)24(23)36-15-18-8-4-7-11-22(18)29)14-30-32-25(33)16(2)31-26(34)19-9-5-6-10-20(19)27/h4-14,16H,3,15H2,1-2H3,(H,31,34)(H,32,33). The number of nitrogens with zero attached hydrogens (tertiary/aromatic N) is 1. The monoisotopic (exact) mass is 635 g/mol. The maximum atomic E-state index is 12.4. The topological polar surface area (TPSA) is 89.0 Å². The summed E-state index contributed by atoms with van der Waals surface area (Å²) in [7, 11) is 0. The van der Waals surface area contributed by atoms with Crippen LogP contribution in [-0.2, 0) is 11.4 Å². The van der Waals surface area contributed by atoms with E-state index in [2.05, 4.69) is 47.7 Å². The van der Waals surface area contributed by atoms with Gasteiger partial charge in [0.25, 0.3) is 11.8 Å². The van der Waals surface area contributed by atoms with Crippen LogP contribution >= 0.6 is 43.5 Å². The Balaban J connectivity index is 1.64. The molecule has 3 rings (SSSR count). The van der Waals surface area contributed by atoms with E-state index in [1.165, 1.54) is 6.21 Å². The van der Waals surface area contributed by atoms with Gasteiger partial charge in [0.2, 0.25) is 0 Å². The first-order valence-corrected chi connectivity index (χ1v) is 13.0. The van der Waals surface area contributed by atoms with E-state index in [0.29, 0.717) is 43.2 Å². The molecule has 36 heavy (non-hydrogen) atoms. The van der Waals surface area contributed by atoms with Gasteiger partial charge < -0.3 is 14.8 Å². The fraction of sp³-hybridized carbons (Fsp3) is 0.192. The molecule has 10 heteroatoms. The molecule has 0 aliphatic rings. The summed E-state index contributed by atoms with van der Waals surface area (Å²) in [6, 6.07) is 17.2. The number of hydrogen-bond donors (Lipinski definition) is 2. The van der Waals surface area contributed by atoms with E-state index < -0.39 is 11.9 Å². The summed E-state index contributed by atoms with van der Waals surface area (Å²) in [6.45, 7) is 4.15. The van der Waals surface area contributed by atoms with Crippen LogP contribution in [0.3, 0.4) is 0 Å². The van der Waals surface area contributed by atoms with Crippen LogP contribution in [0.15, 0.2) is 74.7 Å². The summed E-state index contributed by atoms with van der Waals surface area (Å²) in [5.41, 5.74) is 4.40. The van der Waals surface area contributed by atoms with Crippen LogP contribution in [0.5, 0.6) is 11.5 Å². The van der Waals surface area contributed by atoms with Crippen LogP contribution in [0.2, 0.25) is 5.02 Å². The van der Waals surface area contributed by atoms with Crippen molar-refractivity contribution in [3.63, 3.8) is 0 Å². The van der Waals surface area contributed by atoms with Gasteiger partial charge in [-0.1, -0.05) is 41.9 Å². The van der Waals surface area contributed by atoms with Crippen LogP contribution in [-0.4, -0.2) is 30.7 Å². The van der Waals surface area contributed by atoms with Crippen molar-refractivity contribution >= 4 is 61.5 Å². The van der Waals surface area contributed by atoms with E-state index >= 15 is 0 Å². The van der Waals surface area contributed by atoms with Crippen molar-refractivity contribution in [2.75, 3.05) is 6.61 Å². The number of hydrogen-bond acceptors (Lipinski definition) is 5. The number of rotatable bonds is 10. The molecule has 0 fully saturated rings. The number of nitrogens with one attached hydrogen (secondary N) is 2. The lowest BCUT2D eigenvalue weighted by Gasteiger charge is -2.15. The van der Waals surface area contributed by atoms with Crippen molar-refractivity contribution in [2.45, 2.75) is 26.5 Å². The van der Waals surface area contributed by atoms with Crippen molar-refractivity contribution in [1.82, 2.24) is 10.7 Å². The fourth-order valence-electron chi connectivity index (χ4n) is 3.08. The van der Waals surface area contributed by atoms with Crippen LogP contribution in [0.4, 0.5) is 0 Å². The lowest BCUT2D eigenvalue weighted by Crippen LogP contribution is -2.43. The Labute approximate surface area is 231 Å². The summed E-state index contributed by atoms with van der Waals surface area (Å²) in [5, 5.41) is 7.29. The average Bonchev–Trinajstić information content (AvgIpc) is 2.84. The molecule has 0 heterocycles. The second-order valence-electron chi connectivity index (χ2n) is 7.55. The zero-order valence-electron chi connectivity index (χ0n) is 19.6. The summed E-state index contributed by atoms with van der Waals surface area (Å²) in [4.78, 5) is 24.8. The highest BCUT2D eigenvalue weighted by Gasteiger charge is 2.18. The molecule has 0 radical (unpaired) electrons. The quantitative estimate of drug-likeness (QED) is 0.207. The van der Waals surface area contributed by atoms with Gasteiger partial charge in [0.05, 0.1) is 22.9 Å². The molecule has 3 aromatic rings. The third-order valence-electron chi connectivity index (χ3n) is 4.91. The number of ether oxygens (including phenoxy) is 2. The number of benzene rings is 3. The highest BCUT2D eigenvalue weighted by Crippen LogP contribution is 2.37. The molecule has 0 saturated carbocycles. The van der Waals surface area contributed by atoms with Gasteiger partial charge in [0.15, 0.2) is 11.5 Å². The van der Waals surface area contributed by atoms with E-state index in [-0.39, 0.29) is 12.5 Å². The average molecular weight is 638 g/mol. The number of amides is 2. The lowest BCUT2D eigenvalue weighted by molar-refractivity contribution is -0.122. The summed E-state index contributed by atoms with van der Waals surface area (Å²) < 4.78 is 13.0. The number of carbonyl (C=O) groups is 2. The second-order valence-corrected chi connectivity index (χ2v) is 9.67. The van der Waals surface area contributed by atoms with Gasteiger partial charge >= 0.3 is 0 Å². The zero-order chi connectivity index (χ0) is 26.1. The molecule has 3 aromatic carbocycles. The van der Waals surface area contributed by atoms with E-state index in [1.54, 1.807) is 49.4 Å². The molecule has 1 atom stereocenters. The van der Waals surface area contributed by atoms with Crippen molar-refractivity contribution < 1.29 is 19.1 Å². The largest absolute Gasteiger partial charge is 0.490 e. The van der Waals surface area contributed by atoms with Crippen LogP contribution < -0.4 is 20.2 Å². The van der Waals surface area contributed by atoms with Gasteiger partial charge in [-0.25, -0.2) is 5.43 Å². The third-order valence-corrected chi connectivity index (χ3v) is 6.56. The van der Waals surface area contributed by atoms with E-state index in [4.69, 9.17) is 21.1 Å². The Bertz CT molecular complexity index is 1270. The molecular weight excluding hydrogens is 614 g/mol. The molecule has 0 saturated heterocycles. The first kappa shape index (κ1) is 27.7. The Morgan fingerprint density at radius 2 is 1.78 bits per heavy atom. The number of halogens is 3. The van der Waals surface area contributed by atoms with Crippen LogP contribution in [0.25, 0.3) is 0 Å². The van der Waals surface area contributed by atoms with Gasteiger partial charge in [-0.15, -0.1) is 0 Å². The SMILES string of the molecule is CCOc1cc(C=NNC(=O)C(C)NC(=O)c2ccccc2Br)cc(Br)c1OCc1ccccc1Cl. The highest BCUT2D eigenvalue weighted by molar-refractivity contribution is 9.10. The maximum Gasteiger partial charge on any atom is 0.262 e. The molecule has 0 aromatic heterocycles.